The van der Waals surface area contributed by atoms with Gasteiger partial charge in [0.05, 0.1) is 44.4 Å². The number of allylic oxidation sites excluding steroid dienone is 2. The van der Waals surface area contributed by atoms with Crippen LogP contribution in [0.3, 0.4) is 0 Å². The van der Waals surface area contributed by atoms with Gasteiger partial charge >= 0.3 is 11.4 Å². The number of halogens is 1. The second-order valence-corrected chi connectivity index (χ2v) is 16.0. The molecular formula is C44H34ClN5O9. The van der Waals surface area contributed by atoms with Gasteiger partial charge in [0, 0.05) is 48.1 Å². The topological polar surface area (TPSA) is 185 Å². The summed E-state index contributed by atoms with van der Waals surface area (Å²) < 4.78 is 0. The standard InChI is InChI=1S/C44H34ClN5O9/c1-46(2)38-34(49(56)57)20-27(21-35(38)50(58)59)47-40(52)30-18-17-29-32(36(30)42(47)54)22-33-41(53)48(26-13-8-12-25(45)19-26)43(55)44(33,24-10-4-3-5-11-24)37(29)31-16-15-23-9-6-7-14-28(23)39(31)51/h3-17,19-21,30,32-33,36-37,51H,18,22H2,1-2H3. The monoisotopic (exact) mass is 811 g/mol. The van der Waals surface area contributed by atoms with Gasteiger partial charge in [0.15, 0.2) is 5.69 Å². The first-order valence-electron chi connectivity index (χ1n) is 18.9. The van der Waals surface area contributed by atoms with Crippen molar-refractivity contribution in [2.45, 2.75) is 24.2 Å². The lowest BCUT2D eigenvalue weighted by Gasteiger charge is -2.50. The molecule has 14 nitrogen and oxygen atoms in total. The lowest BCUT2D eigenvalue weighted by Crippen LogP contribution is -2.53. The highest BCUT2D eigenvalue weighted by Crippen LogP contribution is 2.65. The molecule has 4 amide bonds. The minimum atomic E-state index is -1.65. The Morgan fingerprint density at radius 1 is 0.763 bits per heavy atom. The summed E-state index contributed by atoms with van der Waals surface area (Å²) in [4.78, 5) is 86.0. The van der Waals surface area contributed by atoms with Gasteiger partial charge in [-0.25, -0.2) is 9.80 Å². The van der Waals surface area contributed by atoms with Gasteiger partial charge in [-0.05, 0) is 47.9 Å². The minimum Gasteiger partial charge on any atom is -0.507 e. The van der Waals surface area contributed by atoms with Crippen LogP contribution in [0.1, 0.15) is 29.9 Å². The smallest absolute Gasteiger partial charge is 0.301 e. The zero-order valence-electron chi connectivity index (χ0n) is 31.5. The third-order valence-corrected chi connectivity index (χ3v) is 12.8. The number of carbonyl (C=O) groups excluding carboxylic acids is 4. The summed E-state index contributed by atoms with van der Waals surface area (Å²) in [5.41, 5.74) is -1.92. The van der Waals surface area contributed by atoms with Crippen LogP contribution in [0, 0.1) is 43.9 Å². The number of nitrogens with zero attached hydrogens (tertiary/aromatic N) is 5. The molecule has 5 aromatic carbocycles. The van der Waals surface area contributed by atoms with E-state index in [1.165, 1.54) is 25.1 Å². The number of phenols is 1. The quantitative estimate of drug-likeness (QED) is 0.0750. The second kappa shape index (κ2) is 13.6. The van der Waals surface area contributed by atoms with E-state index in [0.29, 0.717) is 27.1 Å². The molecule has 1 saturated carbocycles. The summed E-state index contributed by atoms with van der Waals surface area (Å²) in [7, 11) is 2.82. The van der Waals surface area contributed by atoms with Crippen molar-refractivity contribution in [1.29, 1.82) is 0 Å². The number of benzene rings is 5. The minimum absolute atomic E-state index is 0.0120. The Morgan fingerprint density at radius 3 is 2.10 bits per heavy atom. The molecule has 2 aliphatic carbocycles. The molecule has 0 aromatic heterocycles. The number of amides is 4. The van der Waals surface area contributed by atoms with Crippen molar-refractivity contribution in [3.63, 3.8) is 0 Å². The molecule has 6 unspecified atom stereocenters. The van der Waals surface area contributed by atoms with Crippen LogP contribution in [-0.4, -0.2) is 52.7 Å². The third-order valence-electron chi connectivity index (χ3n) is 12.6. The molecule has 1 N–H and O–H groups in total. The van der Waals surface area contributed by atoms with Gasteiger partial charge in [-0.1, -0.05) is 96.0 Å². The number of hydrogen-bond acceptors (Lipinski definition) is 10. The zero-order chi connectivity index (χ0) is 41.7. The highest BCUT2D eigenvalue weighted by molar-refractivity contribution is 6.32. The lowest BCUT2D eigenvalue weighted by atomic mass is 9.49. The Morgan fingerprint density at radius 2 is 1.44 bits per heavy atom. The summed E-state index contributed by atoms with van der Waals surface area (Å²) in [5, 5.41) is 38.3. The molecular weight excluding hydrogens is 778 g/mol. The average Bonchev–Trinajstić information content (AvgIpc) is 3.61. The molecule has 6 atom stereocenters. The SMILES string of the molecule is CN(C)c1c([N+](=O)[O-])cc(N2C(=O)C3CC=C4C(CC5C(=O)N(c6cccc(Cl)c6)C(=O)C5(c5ccccc5)C4c4ccc5ccccc5c4O)C3C2=O)cc1[N+](=O)[O-]. The number of nitro benzene ring substituents is 2. The van der Waals surface area contributed by atoms with E-state index in [0.717, 1.165) is 27.3 Å². The maximum absolute atomic E-state index is 15.6. The maximum Gasteiger partial charge on any atom is 0.301 e. The van der Waals surface area contributed by atoms with Crippen molar-refractivity contribution in [3.05, 3.63) is 151 Å². The fourth-order valence-corrected chi connectivity index (χ4v) is 10.5. The van der Waals surface area contributed by atoms with Crippen molar-refractivity contribution >= 4 is 74.4 Å². The van der Waals surface area contributed by atoms with E-state index in [2.05, 4.69) is 0 Å². The number of phenolic OH excluding ortho intramolecular Hbond substituents is 1. The molecule has 296 valence electrons. The van der Waals surface area contributed by atoms with E-state index in [-0.39, 0.29) is 35.7 Å². The zero-order valence-corrected chi connectivity index (χ0v) is 32.3. The van der Waals surface area contributed by atoms with Crippen LogP contribution in [0.15, 0.2) is 115 Å². The van der Waals surface area contributed by atoms with E-state index < -0.39 is 79.9 Å². The van der Waals surface area contributed by atoms with E-state index in [1.54, 1.807) is 66.7 Å². The molecule has 2 heterocycles. The Kier molecular flexibility index (Phi) is 8.67. The summed E-state index contributed by atoms with van der Waals surface area (Å²) in [6.07, 6.45) is 1.78. The van der Waals surface area contributed by atoms with Crippen molar-refractivity contribution in [1.82, 2.24) is 0 Å². The highest BCUT2D eigenvalue weighted by atomic mass is 35.5. The Balaban J connectivity index is 1.26. The number of anilines is 3. The van der Waals surface area contributed by atoms with Gasteiger partial charge in [0.25, 0.3) is 0 Å². The number of imide groups is 2. The normalized spacial score (nSPS) is 24.8. The second-order valence-electron chi connectivity index (χ2n) is 15.6. The van der Waals surface area contributed by atoms with Crippen LogP contribution in [0.25, 0.3) is 10.8 Å². The predicted octanol–water partition coefficient (Wildman–Crippen LogP) is 7.45. The molecule has 15 heteroatoms. The molecule has 0 bridgehead atoms. The molecule has 2 aliphatic heterocycles. The van der Waals surface area contributed by atoms with Gasteiger partial charge in [0.2, 0.25) is 23.6 Å². The van der Waals surface area contributed by atoms with E-state index in [9.17, 15) is 34.9 Å². The molecule has 5 aromatic rings. The van der Waals surface area contributed by atoms with Crippen LogP contribution in [0.2, 0.25) is 5.02 Å². The van der Waals surface area contributed by atoms with E-state index in [1.807, 2.05) is 24.3 Å². The third kappa shape index (κ3) is 5.32. The molecule has 59 heavy (non-hydrogen) atoms. The van der Waals surface area contributed by atoms with Gasteiger partial charge < -0.3 is 10.0 Å². The maximum atomic E-state index is 15.6. The first kappa shape index (κ1) is 37.6. The molecule has 2 saturated heterocycles. The predicted molar refractivity (Wildman–Crippen MR) is 218 cm³/mol. The summed E-state index contributed by atoms with van der Waals surface area (Å²) in [6, 6.07) is 28.0. The van der Waals surface area contributed by atoms with Crippen LogP contribution in [-0.2, 0) is 24.6 Å². The number of nitro groups is 2. The molecule has 3 fully saturated rings. The Hall–Kier alpha value is -6.93. The largest absolute Gasteiger partial charge is 0.507 e. The fourth-order valence-electron chi connectivity index (χ4n) is 10.3. The van der Waals surface area contributed by atoms with Crippen LogP contribution < -0.4 is 14.7 Å². The highest BCUT2D eigenvalue weighted by Gasteiger charge is 2.70. The molecule has 4 aliphatic rings. The number of fused-ring (bicyclic) bond motifs is 5. The van der Waals surface area contributed by atoms with Crippen molar-refractivity contribution < 1.29 is 34.1 Å². The summed E-state index contributed by atoms with van der Waals surface area (Å²) in [5.74, 6) is -7.73. The molecule has 0 spiro atoms. The van der Waals surface area contributed by atoms with Gasteiger partial charge in [-0.2, -0.15) is 0 Å². The fraction of sp³-hybridized carbons (Fsp3) is 0.227. The summed E-state index contributed by atoms with van der Waals surface area (Å²) >= 11 is 6.41. The number of carbonyl (C=O) groups is 4. The van der Waals surface area contributed by atoms with Gasteiger partial charge in [-0.15, -0.1) is 0 Å². The number of aromatic hydroxyl groups is 1. The lowest BCUT2D eigenvalue weighted by molar-refractivity contribution is -0.392. The van der Waals surface area contributed by atoms with Gasteiger partial charge in [0.1, 0.15) is 5.75 Å². The van der Waals surface area contributed by atoms with Crippen molar-refractivity contribution in [2.75, 3.05) is 28.8 Å². The average molecular weight is 812 g/mol. The van der Waals surface area contributed by atoms with E-state index in [4.69, 9.17) is 11.6 Å². The first-order chi connectivity index (χ1) is 28.3. The molecule has 0 radical (unpaired) electrons. The van der Waals surface area contributed by atoms with Crippen LogP contribution in [0.4, 0.5) is 28.4 Å². The van der Waals surface area contributed by atoms with Crippen LogP contribution in [0.5, 0.6) is 5.75 Å². The molecule has 9 rings (SSSR count). The summed E-state index contributed by atoms with van der Waals surface area (Å²) in [6.45, 7) is 0. The number of hydrogen-bond donors (Lipinski definition) is 1. The van der Waals surface area contributed by atoms with Crippen molar-refractivity contribution in [3.8, 4) is 5.75 Å². The first-order valence-corrected chi connectivity index (χ1v) is 19.3. The van der Waals surface area contributed by atoms with Gasteiger partial charge in [-0.3, -0.25) is 39.4 Å². The Labute approximate surface area is 341 Å². The number of rotatable bonds is 7. The van der Waals surface area contributed by atoms with Crippen LogP contribution >= 0.6 is 11.6 Å². The van der Waals surface area contributed by atoms with E-state index >= 15 is 9.59 Å². The Bertz CT molecular complexity index is 2700. The van der Waals surface area contributed by atoms with Crippen molar-refractivity contribution in [2.24, 2.45) is 23.7 Å².